The van der Waals surface area contributed by atoms with E-state index in [9.17, 15) is 13.2 Å². The molecule has 7 heteroatoms. The Morgan fingerprint density at radius 2 is 1.88 bits per heavy atom. The van der Waals surface area contributed by atoms with Gasteiger partial charge in [0.2, 0.25) is 10.0 Å². The van der Waals surface area contributed by atoms with E-state index >= 15 is 0 Å². The molecule has 0 bridgehead atoms. The Bertz CT molecular complexity index is 344. The van der Waals surface area contributed by atoms with Crippen LogP contribution in [0.5, 0.6) is 0 Å². The summed E-state index contributed by atoms with van der Waals surface area (Å²) in [4.78, 5) is 10.7. The molecule has 0 saturated heterocycles. The van der Waals surface area contributed by atoms with E-state index < -0.39 is 22.0 Å². The van der Waals surface area contributed by atoms with Crippen LogP contribution in [-0.2, 0) is 14.8 Å². The molecule has 102 valence electrons. The maximum absolute atomic E-state index is 11.6. The highest BCUT2D eigenvalue weighted by atomic mass is 32.2. The highest BCUT2D eigenvalue weighted by molar-refractivity contribution is 7.89. The molecule has 0 aromatic carbocycles. The summed E-state index contributed by atoms with van der Waals surface area (Å²) in [5.41, 5.74) is -0.134. The lowest BCUT2D eigenvalue weighted by atomic mass is 9.94. The van der Waals surface area contributed by atoms with Crippen LogP contribution in [0.15, 0.2) is 0 Å². The number of aliphatic hydroxyl groups excluding tert-OH is 1. The zero-order valence-corrected chi connectivity index (χ0v) is 11.2. The summed E-state index contributed by atoms with van der Waals surface area (Å²) in [5.74, 6) is -1.40. The van der Waals surface area contributed by atoms with E-state index in [2.05, 4.69) is 4.72 Å². The Morgan fingerprint density at radius 3 is 2.24 bits per heavy atom. The van der Waals surface area contributed by atoms with Crippen molar-refractivity contribution in [1.29, 1.82) is 0 Å². The van der Waals surface area contributed by atoms with Crippen LogP contribution in [0.2, 0.25) is 0 Å². The van der Waals surface area contributed by atoms with E-state index in [4.69, 9.17) is 10.2 Å². The number of rotatable bonds is 7. The minimum Gasteiger partial charge on any atom is -0.480 e. The number of aliphatic carboxylic acids is 1. The fourth-order valence-corrected chi connectivity index (χ4v) is 2.73. The third kappa shape index (κ3) is 8.12. The second-order valence-electron chi connectivity index (χ2n) is 5.15. The van der Waals surface area contributed by atoms with Gasteiger partial charge in [-0.1, -0.05) is 20.8 Å². The summed E-state index contributed by atoms with van der Waals surface area (Å²) >= 11 is 0. The van der Waals surface area contributed by atoms with Gasteiger partial charge >= 0.3 is 5.97 Å². The molecule has 0 rings (SSSR count). The molecule has 1 atom stereocenters. The van der Waals surface area contributed by atoms with E-state index in [1.54, 1.807) is 0 Å². The first-order valence-corrected chi connectivity index (χ1v) is 7.06. The van der Waals surface area contributed by atoms with Gasteiger partial charge in [-0.05, 0) is 18.3 Å². The minimum absolute atomic E-state index is 0.119. The summed E-state index contributed by atoms with van der Waals surface area (Å²) in [5, 5.41) is 17.4. The highest BCUT2D eigenvalue weighted by Crippen LogP contribution is 2.19. The molecule has 6 nitrogen and oxygen atoms in total. The number of carboxylic acids is 1. The number of sulfonamides is 1. The van der Waals surface area contributed by atoms with Gasteiger partial charge in [-0.25, -0.2) is 13.1 Å². The van der Waals surface area contributed by atoms with Crippen LogP contribution in [-0.4, -0.2) is 43.0 Å². The lowest BCUT2D eigenvalue weighted by Gasteiger charge is -2.19. The van der Waals surface area contributed by atoms with Crippen LogP contribution < -0.4 is 4.72 Å². The lowest BCUT2D eigenvalue weighted by Crippen LogP contribution is -2.42. The zero-order valence-electron chi connectivity index (χ0n) is 10.4. The summed E-state index contributed by atoms with van der Waals surface area (Å²) in [6.45, 7) is 5.35. The van der Waals surface area contributed by atoms with Crippen LogP contribution in [0, 0.1) is 5.41 Å². The van der Waals surface area contributed by atoms with Crippen LogP contribution in [0.25, 0.3) is 0 Å². The van der Waals surface area contributed by atoms with Gasteiger partial charge in [0.05, 0.1) is 5.75 Å². The number of aliphatic hydroxyl groups is 1. The van der Waals surface area contributed by atoms with Crippen molar-refractivity contribution in [2.75, 3.05) is 12.4 Å². The first kappa shape index (κ1) is 16.3. The quantitative estimate of drug-likeness (QED) is 0.610. The third-order valence-corrected chi connectivity index (χ3v) is 3.54. The van der Waals surface area contributed by atoms with E-state index in [1.165, 1.54) is 0 Å². The fourth-order valence-electron chi connectivity index (χ4n) is 1.08. The SMILES string of the molecule is CC(C)(C)CCS(=O)(=O)N[C@H](CCO)C(=O)O. The van der Waals surface area contributed by atoms with Gasteiger partial charge in [0, 0.05) is 6.61 Å². The van der Waals surface area contributed by atoms with E-state index in [-0.39, 0.29) is 24.2 Å². The Hall–Kier alpha value is -0.660. The molecular weight excluding hydrogens is 246 g/mol. The maximum Gasteiger partial charge on any atom is 0.321 e. The number of carbonyl (C=O) groups is 1. The molecule has 0 radical (unpaired) electrons. The van der Waals surface area contributed by atoms with Crippen molar-refractivity contribution in [3.8, 4) is 0 Å². The lowest BCUT2D eigenvalue weighted by molar-refractivity contribution is -0.139. The van der Waals surface area contributed by atoms with Crippen LogP contribution in [0.4, 0.5) is 0 Å². The van der Waals surface area contributed by atoms with Crippen molar-refractivity contribution in [3.63, 3.8) is 0 Å². The molecular formula is C10H21NO5S. The van der Waals surface area contributed by atoms with Gasteiger partial charge in [-0.3, -0.25) is 4.79 Å². The minimum atomic E-state index is -3.62. The summed E-state index contributed by atoms with van der Waals surface area (Å²) in [7, 11) is -3.62. The van der Waals surface area contributed by atoms with Crippen molar-refractivity contribution in [2.45, 2.75) is 39.7 Å². The van der Waals surface area contributed by atoms with Crippen molar-refractivity contribution >= 4 is 16.0 Å². The predicted octanol–water partition coefficient (Wildman–Crippen LogP) is 0.178. The van der Waals surface area contributed by atoms with Gasteiger partial charge in [-0.15, -0.1) is 0 Å². The van der Waals surface area contributed by atoms with Crippen LogP contribution in [0.3, 0.4) is 0 Å². The summed E-state index contributed by atoms with van der Waals surface area (Å²) in [6.07, 6.45) is 0.303. The van der Waals surface area contributed by atoms with Crippen LogP contribution >= 0.6 is 0 Å². The fraction of sp³-hybridized carbons (Fsp3) is 0.900. The monoisotopic (exact) mass is 267 g/mol. The standard InChI is InChI=1S/C10H21NO5S/c1-10(2,3)5-7-17(15,16)11-8(4-6-12)9(13)14/h8,11-12H,4-7H2,1-3H3,(H,13,14)/t8-/m1/s1. The maximum atomic E-state index is 11.6. The van der Waals surface area contributed by atoms with E-state index in [1.807, 2.05) is 20.8 Å². The van der Waals surface area contributed by atoms with Crippen LogP contribution in [0.1, 0.15) is 33.6 Å². The summed E-state index contributed by atoms with van der Waals surface area (Å²) < 4.78 is 25.3. The second-order valence-corrected chi connectivity index (χ2v) is 7.02. The molecule has 0 spiro atoms. The van der Waals surface area contributed by atoms with Crippen molar-refractivity contribution in [3.05, 3.63) is 0 Å². The molecule has 0 saturated carbocycles. The van der Waals surface area contributed by atoms with Gasteiger partial charge in [0.15, 0.2) is 0 Å². The molecule has 3 N–H and O–H groups in total. The Morgan fingerprint density at radius 1 is 1.35 bits per heavy atom. The third-order valence-electron chi connectivity index (χ3n) is 2.16. The van der Waals surface area contributed by atoms with Gasteiger partial charge in [0.1, 0.15) is 6.04 Å². The molecule has 0 aromatic rings. The molecule has 0 aromatic heterocycles. The number of hydrogen-bond donors (Lipinski definition) is 3. The summed E-state index contributed by atoms with van der Waals surface area (Å²) in [6, 6.07) is -1.26. The van der Waals surface area contributed by atoms with Crippen molar-refractivity contribution in [2.24, 2.45) is 5.41 Å². The van der Waals surface area contributed by atoms with E-state index in [0.29, 0.717) is 6.42 Å². The number of hydrogen-bond acceptors (Lipinski definition) is 4. The Balaban J connectivity index is 4.46. The van der Waals surface area contributed by atoms with Gasteiger partial charge < -0.3 is 10.2 Å². The second kappa shape index (κ2) is 6.32. The van der Waals surface area contributed by atoms with Crippen molar-refractivity contribution < 1.29 is 23.4 Å². The molecule has 0 aliphatic carbocycles. The Kier molecular flexibility index (Phi) is 6.08. The first-order chi connectivity index (χ1) is 7.57. The van der Waals surface area contributed by atoms with Crippen molar-refractivity contribution in [1.82, 2.24) is 4.72 Å². The molecule has 0 aliphatic rings. The van der Waals surface area contributed by atoms with Gasteiger partial charge in [-0.2, -0.15) is 0 Å². The molecule has 0 amide bonds. The highest BCUT2D eigenvalue weighted by Gasteiger charge is 2.24. The van der Waals surface area contributed by atoms with Gasteiger partial charge in [0.25, 0.3) is 0 Å². The van der Waals surface area contributed by atoms with E-state index in [0.717, 1.165) is 0 Å². The molecule has 0 unspecified atom stereocenters. The predicted molar refractivity (Wildman–Crippen MR) is 64.1 cm³/mol. The first-order valence-electron chi connectivity index (χ1n) is 5.41. The zero-order chi connectivity index (χ0) is 13.7. The molecule has 17 heavy (non-hydrogen) atoms. The average molecular weight is 267 g/mol. The molecule has 0 fully saturated rings. The average Bonchev–Trinajstić information content (AvgIpc) is 2.13. The Labute approximate surface area is 102 Å². The molecule has 0 aliphatic heterocycles. The molecule has 0 heterocycles. The largest absolute Gasteiger partial charge is 0.480 e. The normalized spacial score (nSPS) is 14.6. The number of nitrogens with one attached hydrogen (secondary N) is 1. The number of carboxylic acid groups (broad SMARTS) is 1. The smallest absolute Gasteiger partial charge is 0.321 e. The topological polar surface area (TPSA) is 104 Å².